The van der Waals surface area contributed by atoms with E-state index in [9.17, 15) is 0 Å². The molecule has 0 amide bonds. The van der Waals surface area contributed by atoms with Gasteiger partial charge in [0.25, 0.3) is 0 Å². The molecule has 0 N–H and O–H groups in total. The lowest BCUT2D eigenvalue weighted by molar-refractivity contribution is 0.256. The molecule has 2 aromatic rings. The van der Waals surface area contributed by atoms with Gasteiger partial charge < -0.3 is 4.74 Å². The summed E-state index contributed by atoms with van der Waals surface area (Å²) in [7, 11) is 0. The van der Waals surface area contributed by atoms with Gasteiger partial charge in [-0.2, -0.15) is 10.2 Å². The summed E-state index contributed by atoms with van der Waals surface area (Å²) in [5.41, 5.74) is 2.90. The monoisotopic (exact) mass is 282 g/mol. The molecule has 1 atom stereocenters. The molecule has 21 heavy (non-hydrogen) atoms. The van der Waals surface area contributed by atoms with Crippen LogP contribution in [-0.2, 0) is 0 Å². The molecular weight excluding hydrogens is 260 g/mol. The summed E-state index contributed by atoms with van der Waals surface area (Å²) in [5, 5.41) is 8.45. The van der Waals surface area contributed by atoms with Crippen molar-refractivity contribution in [1.29, 1.82) is 0 Å². The van der Waals surface area contributed by atoms with E-state index in [4.69, 9.17) is 4.74 Å². The van der Waals surface area contributed by atoms with Crippen LogP contribution in [0.3, 0.4) is 0 Å². The molecule has 0 aromatic heterocycles. The molecule has 0 aliphatic carbocycles. The summed E-state index contributed by atoms with van der Waals surface area (Å²) < 4.78 is 5.72. The fourth-order valence-corrected chi connectivity index (χ4v) is 1.69. The average Bonchev–Trinajstić information content (AvgIpc) is 2.53. The Kier molecular flexibility index (Phi) is 5.50. The Labute approximate surface area is 126 Å². The van der Waals surface area contributed by atoms with Crippen molar-refractivity contribution in [3.63, 3.8) is 0 Å². The minimum Gasteiger partial charge on any atom is -0.493 e. The van der Waals surface area contributed by atoms with Gasteiger partial charge in [0.1, 0.15) is 5.75 Å². The Balaban J connectivity index is 1.94. The first-order chi connectivity index (χ1) is 10.2. The molecule has 0 spiro atoms. The summed E-state index contributed by atoms with van der Waals surface area (Å²) in [6.45, 7) is 7.16. The first kappa shape index (κ1) is 15.2. The topological polar surface area (TPSA) is 34.0 Å². The van der Waals surface area contributed by atoms with Crippen molar-refractivity contribution in [3.8, 4) is 5.75 Å². The van der Waals surface area contributed by atoms with Crippen LogP contribution in [0.2, 0.25) is 0 Å². The summed E-state index contributed by atoms with van der Waals surface area (Å²) in [6.07, 6.45) is 1.13. The molecule has 0 radical (unpaired) electrons. The predicted octanol–water partition coefficient (Wildman–Crippen LogP) is 5.84. The summed E-state index contributed by atoms with van der Waals surface area (Å²) in [4.78, 5) is 0. The van der Waals surface area contributed by atoms with Crippen molar-refractivity contribution in [2.24, 2.45) is 16.1 Å². The van der Waals surface area contributed by atoms with E-state index in [0.29, 0.717) is 5.92 Å². The van der Waals surface area contributed by atoms with Crippen LogP contribution in [0, 0.1) is 12.8 Å². The van der Waals surface area contributed by atoms with Gasteiger partial charge >= 0.3 is 0 Å². The van der Waals surface area contributed by atoms with E-state index in [-0.39, 0.29) is 0 Å². The summed E-state index contributed by atoms with van der Waals surface area (Å²) >= 11 is 0. The Bertz CT molecular complexity index is 573. The van der Waals surface area contributed by atoms with Crippen molar-refractivity contribution in [2.45, 2.75) is 27.2 Å². The lowest BCUT2D eigenvalue weighted by Gasteiger charge is -2.10. The maximum absolute atomic E-state index is 5.72. The highest BCUT2D eigenvalue weighted by molar-refractivity contribution is 5.43. The Morgan fingerprint density at radius 3 is 1.95 bits per heavy atom. The van der Waals surface area contributed by atoms with Crippen LogP contribution < -0.4 is 4.74 Å². The smallest absolute Gasteiger partial charge is 0.119 e. The van der Waals surface area contributed by atoms with Crippen molar-refractivity contribution in [2.75, 3.05) is 6.61 Å². The lowest BCUT2D eigenvalue weighted by Crippen LogP contribution is -2.06. The molecule has 2 rings (SSSR count). The van der Waals surface area contributed by atoms with Gasteiger partial charge in [0, 0.05) is 0 Å². The van der Waals surface area contributed by atoms with E-state index < -0.39 is 0 Å². The van der Waals surface area contributed by atoms with Gasteiger partial charge in [-0.25, -0.2) is 0 Å². The second-order valence-corrected chi connectivity index (χ2v) is 5.35. The van der Waals surface area contributed by atoms with Gasteiger partial charge in [0.2, 0.25) is 0 Å². The van der Waals surface area contributed by atoms with Crippen LogP contribution in [0.5, 0.6) is 5.75 Å². The van der Waals surface area contributed by atoms with E-state index in [0.717, 1.165) is 30.2 Å². The fourth-order valence-electron chi connectivity index (χ4n) is 1.69. The largest absolute Gasteiger partial charge is 0.493 e. The van der Waals surface area contributed by atoms with Crippen LogP contribution in [0.15, 0.2) is 58.8 Å². The number of ether oxygens (including phenoxy) is 1. The quantitative estimate of drug-likeness (QED) is 0.613. The third-order valence-electron chi connectivity index (χ3n) is 3.38. The molecule has 2 aromatic carbocycles. The Hall–Kier alpha value is -2.16. The maximum atomic E-state index is 5.72. The number of hydrogen-bond acceptors (Lipinski definition) is 3. The highest BCUT2D eigenvalue weighted by atomic mass is 16.5. The second-order valence-electron chi connectivity index (χ2n) is 5.35. The Morgan fingerprint density at radius 2 is 1.43 bits per heavy atom. The van der Waals surface area contributed by atoms with Crippen molar-refractivity contribution < 1.29 is 4.74 Å². The number of azo groups is 1. The van der Waals surface area contributed by atoms with Crippen LogP contribution in [-0.4, -0.2) is 6.61 Å². The minimum atomic E-state index is 0.575. The van der Waals surface area contributed by atoms with Crippen molar-refractivity contribution >= 4 is 11.4 Å². The number of hydrogen-bond donors (Lipinski definition) is 0. The highest BCUT2D eigenvalue weighted by Gasteiger charge is 2.00. The molecule has 3 nitrogen and oxygen atoms in total. The van der Waals surface area contributed by atoms with E-state index in [2.05, 4.69) is 31.0 Å². The third-order valence-corrected chi connectivity index (χ3v) is 3.38. The molecule has 0 heterocycles. The summed E-state index contributed by atoms with van der Waals surface area (Å²) in [6, 6.07) is 15.7. The number of nitrogens with zero attached hydrogens (tertiary/aromatic N) is 2. The first-order valence-electron chi connectivity index (χ1n) is 7.38. The van der Waals surface area contributed by atoms with Gasteiger partial charge in [0.05, 0.1) is 18.0 Å². The van der Waals surface area contributed by atoms with Crippen molar-refractivity contribution in [3.05, 3.63) is 54.1 Å². The van der Waals surface area contributed by atoms with Gasteiger partial charge in [0.15, 0.2) is 0 Å². The third kappa shape index (κ3) is 5.03. The SMILES string of the molecule is CCC(C)COc1ccc(N=Nc2ccc(C)cc2)cc1. The van der Waals surface area contributed by atoms with Gasteiger partial charge in [-0.3, -0.25) is 0 Å². The molecule has 0 saturated heterocycles. The Morgan fingerprint density at radius 1 is 0.905 bits per heavy atom. The fraction of sp³-hybridized carbons (Fsp3) is 0.333. The normalized spacial score (nSPS) is 12.5. The number of benzene rings is 2. The van der Waals surface area contributed by atoms with E-state index in [1.165, 1.54) is 5.56 Å². The van der Waals surface area contributed by atoms with Crippen LogP contribution in [0.25, 0.3) is 0 Å². The summed E-state index contributed by atoms with van der Waals surface area (Å²) in [5.74, 6) is 1.45. The predicted molar refractivity (Wildman–Crippen MR) is 86.7 cm³/mol. The molecule has 0 bridgehead atoms. The molecule has 0 aliphatic heterocycles. The van der Waals surface area contributed by atoms with Crippen LogP contribution >= 0.6 is 0 Å². The van der Waals surface area contributed by atoms with E-state index in [1.54, 1.807) is 0 Å². The standard InChI is InChI=1S/C18H22N2O/c1-4-14(2)13-21-18-11-9-17(10-12-18)20-19-16-7-5-15(3)6-8-16/h5-12,14H,4,13H2,1-3H3. The lowest BCUT2D eigenvalue weighted by atomic mass is 10.1. The average molecular weight is 282 g/mol. The van der Waals surface area contributed by atoms with Gasteiger partial charge in [-0.1, -0.05) is 38.0 Å². The minimum absolute atomic E-state index is 0.575. The zero-order valence-corrected chi connectivity index (χ0v) is 12.9. The van der Waals surface area contributed by atoms with Crippen molar-refractivity contribution in [1.82, 2.24) is 0 Å². The molecule has 110 valence electrons. The van der Waals surface area contributed by atoms with E-state index in [1.807, 2.05) is 48.5 Å². The maximum Gasteiger partial charge on any atom is 0.119 e. The van der Waals surface area contributed by atoms with Gasteiger partial charge in [-0.05, 0) is 49.2 Å². The zero-order chi connectivity index (χ0) is 15.1. The second kappa shape index (κ2) is 7.58. The van der Waals surface area contributed by atoms with E-state index >= 15 is 0 Å². The highest BCUT2D eigenvalue weighted by Crippen LogP contribution is 2.22. The van der Waals surface area contributed by atoms with Crippen LogP contribution in [0.4, 0.5) is 11.4 Å². The molecule has 0 saturated carbocycles. The molecule has 0 fully saturated rings. The number of aryl methyl sites for hydroxylation is 1. The molecule has 1 unspecified atom stereocenters. The molecule has 0 aliphatic rings. The zero-order valence-electron chi connectivity index (χ0n) is 12.9. The molecular formula is C18H22N2O. The molecule has 3 heteroatoms. The number of rotatable bonds is 6. The first-order valence-corrected chi connectivity index (χ1v) is 7.38. The van der Waals surface area contributed by atoms with Gasteiger partial charge in [-0.15, -0.1) is 0 Å². The van der Waals surface area contributed by atoms with Crippen LogP contribution in [0.1, 0.15) is 25.8 Å².